The standard InChI is InChI=1S/C16H24O4.C15H20O7.C15H22O6.C13H20O4/c1-4-16(2,3)15(18)20-13-10-5-9-6-11(8-10)14(17)19-12(13)7-9;1-4-15(2,3)14(18)19-6-9(16)21-11-8-5-7-10(20-8)12(11)22-13(7)17;1-4-15(2,3)14(18)19-8-12(16)20-10-6-5-9-7-11(10)21-13(9)17;1-4-13(2,3)12(15)17-9-6-5-8-7-10(9)16-11(8)14/h9-13H,4-8H2,1-3H3;7-8,10-12H,4-6H2,1-3H3;9-11H,4-8H2,1-3H3;8-10H,4-7H2,1-3H3. The average Bonchev–Trinajstić information content (AvgIpc) is 4.32. The summed E-state index contributed by atoms with van der Waals surface area (Å²) in [5.74, 6) is -2.46. The van der Waals surface area contributed by atoms with E-state index in [2.05, 4.69) is 0 Å². The minimum Gasteiger partial charge on any atom is -0.458 e. The molecule has 80 heavy (non-hydrogen) atoms. The van der Waals surface area contributed by atoms with Crippen LogP contribution < -0.4 is 0 Å². The van der Waals surface area contributed by atoms with Crippen LogP contribution in [-0.2, 0) is 100 Å². The van der Waals surface area contributed by atoms with E-state index < -0.39 is 77.1 Å². The molecule has 4 aliphatic carbocycles. The van der Waals surface area contributed by atoms with Crippen LogP contribution in [0.3, 0.4) is 0 Å². The highest BCUT2D eigenvalue weighted by Gasteiger charge is 2.65. The number of ether oxygens (including phenoxy) is 11. The summed E-state index contributed by atoms with van der Waals surface area (Å²) >= 11 is 0. The molecule has 0 spiro atoms. The number of hydrogen-bond donors (Lipinski definition) is 0. The van der Waals surface area contributed by atoms with Crippen LogP contribution in [0.25, 0.3) is 0 Å². The summed E-state index contributed by atoms with van der Waals surface area (Å²) in [6.07, 6.45) is 7.72. The molecule has 0 amide bonds. The van der Waals surface area contributed by atoms with Crippen molar-refractivity contribution in [2.24, 2.45) is 57.2 Å². The van der Waals surface area contributed by atoms with Crippen LogP contribution in [0.15, 0.2) is 0 Å². The largest absolute Gasteiger partial charge is 0.458 e. The van der Waals surface area contributed by atoms with E-state index >= 15 is 0 Å². The lowest BCUT2D eigenvalue weighted by molar-refractivity contribution is -0.180. The fourth-order valence-electron chi connectivity index (χ4n) is 11.6. The number of rotatable bonds is 16. The van der Waals surface area contributed by atoms with E-state index in [1.54, 1.807) is 27.7 Å². The summed E-state index contributed by atoms with van der Waals surface area (Å²) in [5.41, 5.74) is -2.17. The predicted octanol–water partition coefficient (Wildman–Crippen LogP) is 6.95. The number of carbonyl (C=O) groups excluding carboxylic acids is 10. The quantitative estimate of drug-likeness (QED) is 0.112. The second kappa shape index (κ2) is 25.0. The number of fused-ring (bicyclic) bond motifs is 6. The first-order chi connectivity index (χ1) is 37.5. The Bertz CT molecular complexity index is 2350. The Kier molecular flexibility index (Phi) is 19.5. The molecule has 16 atom stereocenters. The lowest BCUT2D eigenvalue weighted by Crippen LogP contribution is -2.46. The fraction of sp³-hybridized carbons (Fsp3) is 0.831. The van der Waals surface area contributed by atoms with Gasteiger partial charge in [-0.15, -0.1) is 0 Å². The van der Waals surface area contributed by atoms with Gasteiger partial charge >= 0.3 is 59.7 Å². The molecule has 0 radical (unpaired) electrons. The first-order valence-electron chi connectivity index (χ1n) is 29.1. The maximum absolute atomic E-state index is 12.3. The Labute approximate surface area is 469 Å². The van der Waals surface area contributed by atoms with Gasteiger partial charge in [0.2, 0.25) is 0 Å². The lowest BCUT2D eigenvalue weighted by Gasteiger charge is -2.42. The van der Waals surface area contributed by atoms with Gasteiger partial charge in [-0.05, 0) is 145 Å². The molecular weight excluding hydrogens is 1040 g/mol. The second-order valence-corrected chi connectivity index (χ2v) is 26.0. The van der Waals surface area contributed by atoms with Crippen LogP contribution in [0.2, 0.25) is 0 Å². The van der Waals surface area contributed by atoms with E-state index in [0.717, 1.165) is 51.4 Å². The van der Waals surface area contributed by atoms with E-state index in [4.69, 9.17) is 52.1 Å². The zero-order valence-electron chi connectivity index (χ0n) is 48.8. The zero-order valence-corrected chi connectivity index (χ0v) is 48.8. The van der Waals surface area contributed by atoms with Crippen LogP contribution in [0, 0.1) is 57.2 Å². The van der Waals surface area contributed by atoms with Crippen molar-refractivity contribution in [1.82, 2.24) is 0 Å². The smallest absolute Gasteiger partial charge is 0.344 e. The first-order valence-corrected chi connectivity index (χ1v) is 29.1. The number of hydrogen-bond acceptors (Lipinski definition) is 21. The topological polar surface area (TPSA) is 272 Å². The molecule has 0 aromatic carbocycles. The van der Waals surface area contributed by atoms with Crippen molar-refractivity contribution in [2.75, 3.05) is 13.2 Å². The predicted molar refractivity (Wildman–Crippen MR) is 278 cm³/mol. The van der Waals surface area contributed by atoms with Gasteiger partial charge in [0.15, 0.2) is 25.4 Å². The minimum absolute atomic E-state index is 0.0339. The van der Waals surface area contributed by atoms with Crippen LogP contribution >= 0.6 is 0 Å². The summed E-state index contributed by atoms with van der Waals surface area (Å²) < 4.78 is 58.6. The van der Waals surface area contributed by atoms with Crippen molar-refractivity contribution in [3.8, 4) is 0 Å². The van der Waals surface area contributed by atoms with E-state index in [0.29, 0.717) is 56.8 Å². The third-order valence-electron chi connectivity index (χ3n) is 18.7. The SMILES string of the molecule is CCC(C)(C)C(=O)OC1C2CC3CC(C2)C(=O)OC1C3.CCC(C)(C)C(=O)OC1CCC2CC1OC2=O.CCC(C)(C)C(=O)OCC(=O)OC1C2CC3C(=O)OC1C3O2.CCC(C)(C)C(=O)OCC(=O)OC1CCC2CC1OC2=O. The van der Waals surface area contributed by atoms with Crippen molar-refractivity contribution in [2.45, 2.75) is 240 Å². The summed E-state index contributed by atoms with van der Waals surface area (Å²) in [4.78, 5) is 118. The van der Waals surface area contributed by atoms with Gasteiger partial charge in [0.1, 0.15) is 42.7 Å². The molecule has 7 saturated heterocycles. The highest BCUT2D eigenvalue weighted by atomic mass is 16.7. The Hall–Kier alpha value is -5.34. The average molecular weight is 1130 g/mol. The van der Waals surface area contributed by atoms with Gasteiger partial charge in [-0.25, -0.2) is 9.59 Å². The van der Waals surface area contributed by atoms with Gasteiger partial charge in [-0.1, -0.05) is 27.7 Å². The van der Waals surface area contributed by atoms with Gasteiger partial charge in [0, 0.05) is 18.8 Å². The highest BCUT2D eigenvalue weighted by molar-refractivity contribution is 5.82. The molecule has 11 fully saturated rings. The molecule has 11 rings (SSSR count). The van der Waals surface area contributed by atoms with E-state index in [1.165, 1.54) is 0 Å². The molecule has 448 valence electrons. The first kappa shape index (κ1) is 62.3. The molecule has 7 aliphatic heterocycles. The van der Waals surface area contributed by atoms with E-state index in [-0.39, 0.29) is 102 Å². The Morgan fingerprint density at radius 2 is 0.887 bits per heavy atom. The maximum atomic E-state index is 12.3. The van der Waals surface area contributed by atoms with Crippen LogP contribution in [0.5, 0.6) is 0 Å². The van der Waals surface area contributed by atoms with Crippen molar-refractivity contribution in [1.29, 1.82) is 0 Å². The molecule has 0 aromatic rings. The van der Waals surface area contributed by atoms with Gasteiger partial charge in [0.05, 0.1) is 51.4 Å². The molecule has 21 heteroatoms. The van der Waals surface area contributed by atoms with Crippen molar-refractivity contribution in [3.63, 3.8) is 0 Å². The van der Waals surface area contributed by atoms with Crippen LogP contribution in [-0.4, -0.2) is 134 Å². The van der Waals surface area contributed by atoms with Crippen LogP contribution in [0.4, 0.5) is 0 Å². The van der Waals surface area contributed by atoms with Gasteiger partial charge in [-0.2, -0.15) is 0 Å². The third-order valence-corrected chi connectivity index (χ3v) is 18.7. The van der Waals surface area contributed by atoms with Crippen molar-refractivity contribution < 1.29 is 100 Å². The second-order valence-electron chi connectivity index (χ2n) is 26.0. The number of carbonyl (C=O) groups is 10. The van der Waals surface area contributed by atoms with Gasteiger partial charge in [0.25, 0.3) is 0 Å². The molecule has 7 heterocycles. The highest BCUT2D eigenvalue weighted by Crippen LogP contribution is 2.50. The Morgan fingerprint density at radius 3 is 1.41 bits per heavy atom. The summed E-state index contributed by atoms with van der Waals surface area (Å²) in [7, 11) is 0. The van der Waals surface area contributed by atoms with Gasteiger partial charge in [-0.3, -0.25) is 38.4 Å². The minimum atomic E-state index is -0.652. The molecule has 0 aromatic heterocycles. The Morgan fingerprint density at radius 1 is 0.425 bits per heavy atom. The van der Waals surface area contributed by atoms with Gasteiger partial charge < -0.3 is 52.1 Å². The van der Waals surface area contributed by atoms with Crippen molar-refractivity contribution in [3.05, 3.63) is 0 Å². The molecule has 0 N–H and O–H groups in total. The Balaban J connectivity index is 0.000000155. The van der Waals surface area contributed by atoms with Crippen molar-refractivity contribution >= 4 is 59.7 Å². The molecule has 11 aliphatic rings. The summed E-state index contributed by atoms with van der Waals surface area (Å²) in [5, 5.41) is 0. The molecule has 4 saturated carbocycles. The molecule has 10 bridgehead atoms. The third kappa shape index (κ3) is 14.1. The molecule has 21 nitrogen and oxygen atoms in total. The fourth-order valence-corrected chi connectivity index (χ4v) is 11.6. The molecule has 16 unspecified atom stereocenters. The van der Waals surface area contributed by atoms with E-state index in [9.17, 15) is 47.9 Å². The number of esters is 10. The molecular formula is C59H86O21. The van der Waals surface area contributed by atoms with Crippen LogP contribution in [0.1, 0.15) is 179 Å². The zero-order chi connectivity index (χ0) is 58.8. The normalized spacial score (nSPS) is 33.8. The van der Waals surface area contributed by atoms with E-state index in [1.807, 2.05) is 55.4 Å². The summed E-state index contributed by atoms with van der Waals surface area (Å²) in [6, 6.07) is 0. The maximum Gasteiger partial charge on any atom is 0.344 e. The lowest BCUT2D eigenvalue weighted by atomic mass is 9.67. The monoisotopic (exact) mass is 1130 g/mol. The summed E-state index contributed by atoms with van der Waals surface area (Å²) in [6.45, 7) is 21.5.